The average Bonchev–Trinajstić information content (AvgIpc) is 2.28. The van der Waals surface area contributed by atoms with Gasteiger partial charge >= 0.3 is 12.0 Å². The van der Waals surface area contributed by atoms with Gasteiger partial charge in [0.2, 0.25) is 0 Å². The number of carbonyl (C=O) groups is 2. The predicted molar refractivity (Wildman–Crippen MR) is 60.4 cm³/mol. The lowest BCUT2D eigenvalue weighted by atomic mass is 10.2. The lowest BCUT2D eigenvalue weighted by Gasteiger charge is -2.14. The van der Waals surface area contributed by atoms with Crippen LogP contribution in [0.2, 0.25) is 0 Å². The van der Waals surface area contributed by atoms with Gasteiger partial charge in [0.15, 0.2) is 0 Å². The summed E-state index contributed by atoms with van der Waals surface area (Å²) in [5.41, 5.74) is 6.18. The van der Waals surface area contributed by atoms with E-state index in [0.29, 0.717) is 17.9 Å². The lowest BCUT2D eigenvalue weighted by molar-refractivity contribution is 0.0526. The summed E-state index contributed by atoms with van der Waals surface area (Å²) in [5.74, 6) is -0.379. The number of primary amides is 1. The maximum atomic E-state index is 11.3. The van der Waals surface area contributed by atoms with E-state index in [4.69, 9.17) is 10.5 Å². The van der Waals surface area contributed by atoms with Crippen LogP contribution in [0.15, 0.2) is 24.3 Å². The monoisotopic (exact) mass is 222 g/mol. The Kier molecular flexibility index (Phi) is 3.88. The van der Waals surface area contributed by atoms with Gasteiger partial charge in [0.1, 0.15) is 0 Å². The minimum absolute atomic E-state index is 0.335. The molecule has 2 N–H and O–H groups in total. The number of carbonyl (C=O) groups excluding carboxylic acids is 2. The fraction of sp³-hybridized carbons (Fsp3) is 0.273. The first-order chi connectivity index (χ1) is 7.56. The lowest BCUT2D eigenvalue weighted by Crippen LogP contribution is -2.31. The SMILES string of the molecule is CCOC(=O)c1ccc(N(C)C(N)=O)cc1. The van der Waals surface area contributed by atoms with E-state index in [1.807, 2.05) is 0 Å². The zero-order chi connectivity index (χ0) is 12.1. The Morgan fingerprint density at radius 3 is 2.31 bits per heavy atom. The summed E-state index contributed by atoms with van der Waals surface area (Å²) in [6, 6.07) is 5.90. The second-order valence-electron chi connectivity index (χ2n) is 3.16. The molecule has 0 fully saturated rings. The van der Waals surface area contributed by atoms with E-state index in [1.165, 1.54) is 4.90 Å². The summed E-state index contributed by atoms with van der Waals surface area (Å²) in [4.78, 5) is 23.5. The fourth-order valence-corrected chi connectivity index (χ4v) is 1.16. The van der Waals surface area contributed by atoms with Crippen LogP contribution >= 0.6 is 0 Å². The number of urea groups is 1. The maximum Gasteiger partial charge on any atom is 0.338 e. The summed E-state index contributed by atoms with van der Waals surface area (Å²) in [5, 5.41) is 0. The topological polar surface area (TPSA) is 72.6 Å². The third-order valence-electron chi connectivity index (χ3n) is 2.10. The number of ether oxygens (including phenoxy) is 1. The number of rotatable bonds is 3. The Bertz CT molecular complexity index is 387. The van der Waals surface area contributed by atoms with Crippen molar-refractivity contribution >= 4 is 17.7 Å². The van der Waals surface area contributed by atoms with E-state index in [0.717, 1.165) is 0 Å². The van der Waals surface area contributed by atoms with E-state index < -0.39 is 6.03 Å². The number of anilines is 1. The molecular weight excluding hydrogens is 208 g/mol. The van der Waals surface area contributed by atoms with Crippen LogP contribution in [0, 0.1) is 0 Å². The van der Waals surface area contributed by atoms with Gasteiger partial charge in [0.25, 0.3) is 0 Å². The van der Waals surface area contributed by atoms with Crippen LogP contribution in [0.5, 0.6) is 0 Å². The van der Waals surface area contributed by atoms with Gasteiger partial charge in [-0.2, -0.15) is 0 Å². The Morgan fingerprint density at radius 2 is 1.88 bits per heavy atom. The molecule has 0 aliphatic carbocycles. The van der Waals surface area contributed by atoms with Gasteiger partial charge in [0.05, 0.1) is 12.2 Å². The number of nitrogens with two attached hydrogens (primary N) is 1. The van der Waals surface area contributed by atoms with Crippen molar-refractivity contribution in [3.05, 3.63) is 29.8 Å². The van der Waals surface area contributed by atoms with Gasteiger partial charge in [-0.3, -0.25) is 4.90 Å². The third kappa shape index (κ3) is 2.73. The summed E-state index contributed by atoms with van der Waals surface area (Å²) >= 11 is 0. The molecule has 0 spiro atoms. The number of benzene rings is 1. The molecule has 0 aliphatic heterocycles. The second kappa shape index (κ2) is 5.16. The molecule has 0 aromatic heterocycles. The molecule has 0 heterocycles. The molecule has 16 heavy (non-hydrogen) atoms. The van der Waals surface area contributed by atoms with Gasteiger partial charge in [-0.05, 0) is 31.2 Å². The number of hydrogen-bond donors (Lipinski definition) is 1. The van der Waals surface area contributed by atoms with Gasteiger partial charge in [-0.15, -0.1) is 0 Å². The molecule has 0 radical (unpaired) electrons. The molecule has 1 aromatic carbocycles. The van der Waals surface area contributed by atoms with Crippen LogP contribution in [0.4, 0.5) is 10.5 Å². The highest BCUT2D eigenvalue weighted by molar-refractivity contribution is 5.92. The summed E-state index contributed by atoms with van der Waals surface area (Å²) < 4.78 is 4.83. The van der Waals surface area contributed by atoms with Crippen LogP contribution in [-0.4, -0.2) is 25.7 Å². The predicted octanol–water partition coefficient (Wildman–Crippen LogP) is 1.38. The van der Waals surface area contributed by atoms with Gasteiger partial charge in [-0.1, -0.05) is 0 Å². The fourth-order valence-electron chi connectivity index (χ4n) is 1.16. The molecule has 0 aliphatic rings. The van der Waals surface area contributed by atoms with Crippen molar-refractivity contribution in [1.82, 2.24) is 0 Å². The molecule has 0 saturated carbocycles. The molecule has 5 heteroatoms. The van der Waals surface area contributed by atoms with Crippen molar-refractivity contribution in [2.45, 2.75) is 6.92 Å². The highest BCUT2D eigenvalue weighted by Gasteiger charge is 2.09. The van der Waals surface area contributed by atoms with E-state index in [-0.39, 0.29) is 5.97 Å². The maximum absolute atomic E-state index is 11.3. The van der Waals surface area contributed by atoms with Crippen molar-refractivity contribution < 1.29 is 14.3 Å². The zero-order valence-electron chi connectivity index (χ0n) is 9.27. The van der Waals surface area contributed by atoms with E-state index in [2.05, 4.69) is 0 Å². The minimum atomic E-state index is -0.552. The average molecular weight is 222 g/mol. The summed E-state index contributed by atoms with van der Waals surface area (Å²) in [6.07, 6.45) is 0. The van der Waals surface area contributed by atoms with Crippen molar-refractivity contribution in [1.29, 1.82) is 0 Å². The Balaban J connectivity index is 2.83. The van der Waals surface area contributed by atoms with Crippen LogP contribution in [0.1, 0.15) is 17.3 Å². The third-order valence-corrected chi connectivity index (χ3v) is 2.10. The van der Waals surface area contributed by atoms with Crippen molar-refractivity contribution in [3.63, 3.8) is 0 Å². The molecule has 1 aromatic rings. The zero-order valence-corrected chi connectivity index (χ0v) is 9.27. The first-order valence-corrected chi connectivity index (χ1v) is 4.86. The first-order valence-electron chi connectivity index (χ1n) is 4.86. The largest absolute Gasteiger partial charge is 0.462 e. The minimum Gasteiger partial charge on any atom is -0.462 e. The van der Waals surface area contributed by atoms with Crippen molar-refractivity contribution in [2.24, 2.45) is 5.73 Å². The van der Waals surface area contributed by atoms with Gasteiger partial charge < -0.3 is 10.5 Å². The van der Waals surface area contributed by atoms with E-state index >= 15 is 0 Å². The number of nitrogens with zero attached hydrogens (tertiary/aromatic N) is 1. The Hall–Kier alpha value is -2.04. The highest BCUT2D eigenvalue weighted by Crippen LogP contribution is 2.14. The summed E-state index contributed by atoms with van der Waals surface area (Å²) in [6.45, 7) is 2.08. The first kappa shape index (κ1) is 12.0. The van der Waals surface area contributed by atoms with E-state index in [1.54, 1.807) is 38.2 Å². The molecule has 0 bridgehead atoms. The van der Waals surface area contributed by atoms with Crippen LogP contribution in [0.3, 0.4) is 0 Å². The Labute approximate surface area is 93.8 Å². The molecule has 0 atom stereocenters. The highest BCUT2D eigenvalue weighted by atomic mass is 16.5. The molecule has 5 nitrogen and oxygen atoms in total. The van der Waals surface area contributed by atoms with E-state index in [9.17, 15) is 9.59 Å². The van der Waals surface area contributed by atoms with Crippen molar-refractivity contribution in [3.8, 4) is 0 Å². The van der Waals surface area contributed by atoms with Gasteiger partial charge in [0, 0.05) is 12.7 Å². The molecule has 2 amide bonds. The standard InChI is InChI=1S/C11H14N2O3/c1-3-16-10(14)8-4-6-9(7-5-8)13(2)11(12)15/h4-7H,3H2,1-2H3,(H2,12,15). The van der Waals surface area contributed by atoms with Crippen LogP contribution < -0.4 is 10.6 Å². The van der Waals surface area contributed by atoms with Crippen LogP contribution in [0.25, 0.3) is 0 Å². The van der Waals surface area contributed by atoms with Crippen LogP contribution in [-0.2, 0) is 4.74 Å². The molecule has 0 saturated heterocycles. The molecule has 1 rings (SSSR count). The number of esters is 1. The number of amides is 2. The molecule has 0 unspecified atom stereocenters. The smallest absolute Gasteiger partial charge is 0.338 e. The number of hydrogen-bond acceptors (Lipinski definition) is 3. The Morgan fingerprint density at radius 1 is 1.31 bits per heavy atom. The quantitative estimate of drug-likeness (QED) is 0.785. The second-order valence-corrected chi connectivity index (χ2v) is 3.16. The normalized spacial score (nSPS) is 9.62. The van der Waals surface area contributed by atoms with Gasteiger partial charge in [-0.25, -0.2) is 9.59 Å². The van der Waals surface area contributed by atoms with Crippen molar-refractivity contribution in [2.75, 3.05) is 18.6 Å². The molecular formula is C11H14N2O3. The summed E-state index contributed by atoms with van der Waals surface area (Å²) in [7, 11) is 1.56. The molecule has 86 valence electrons.